The molecule has 1 saturated carbocycles. The number of hydrogen-bond acceptors (Lipinski definition) is 4. The minimum atomic E-state index is -0.178. The second kappa shape index (κ2) is 6.00. The zero-order valence-corrected chi connectivity index (χ0v) is 13.6. The highest BCUT2D eigenvalue weighted by molar-refractivity contribution is 7.16. The maximum Gasteiger partial charge on any atom is 0.232 e. The molecule has 2 atom stereocenters. The number of anilines is 1. The van der Waals surface area contributed by atoms with Crippen molar-refractivity contribution in [2.45, 2.75) is 39.5 Å². The Bertz CT molecular complexity index is 505. The van der Waals surface area contributed by atoms with E-state index >= 15 is 0 Å². The molecule has 0 aromatic carbocycles. The van der Waals surface area contributed by atoms with E-state index in [1.54, 1.807) is 11.3 Å². The number of nitrogens with one attached hydrogen (secondary N) is 2. The Hall–Kier alpha value is -0.650. The van der Waals surface area contributed by atoms with Crippen molar-refractivity contribution in [2.75, 3.05) is 18.4 Å². The summed E-state index contributed by atoms with van der Waals surface area (Å²) in [6.45, 7) is 5.77. The highest BCUT2D eigenvalue weighted by atomic mass is 35.5. The standard InChI is InChI=1S/C14H21N3OS.ClH/c1-9-12(19-10(2)16-9)17-13(18)14-6-4-3-5-11(14)7-15-8-14;/h11,15H,3-8H2,1-2H3,(H,17,18);1H/t11-,14+;/m0./s1. The summed E-state index contributed by atoms with van der Waals surface area (Å²) in [5, 5.41) is 8.49. The number of fused-ring (bicyclic) bond motifs is 1. The van der Waals surface area contributed by atoms with E-state index in [4.69, 9.17) is 0 Å². The van der Waals surface area contributed by atoms with E-state index < -0.39 is 0 Å². The lowest BCUT2D eigenvalue weighted by atomic mass is 9.67. The van der Waals surface area contributed by atoms with Crippen LogP contribution in [0.25, 0.3) is 0 Å². The van der Waals surface area contributed by atoms with Crippen LogP contribution in [-0.4, -0.2) is 24.0 Å². The average molecular weight is 316 g/mol. The Balaban J connectivity index is 0.00000147. The maximum atomic E-state index is 12.8. The molecule has 0 bridgehead atoms. The Morgan fingerprint density at radius 1 is 1.45 bits per heavy atom. The molecule has 1 aliphatic heterocycles. The molecule has 2 fully saturated rings. The first-order chi connectivity index (χ1) is 9.12. The van der Waals surface area contributed by atoms with Gasteiger partial charge in [0.15, 0.2) is 0 Å². The largest absolute Gasteiger partial charge is 0.316 e. The molecule has 1 aliphatic carbocycles. The number of carbonyl (C=O) groups is 1. The van der Waals surface area contributed by atoms with Crippen molar-refractivity contribution in [2.24, 2.45) is 11.3 Å². The molecule has 2 aliphatic rings. The second-order valence-electron chi connectivity index (χ2n) is 5.83. The highest BCUT2D eigenvalue weighted by Crippen LogP contribution is 2.44. The van der Waals surface area contributed by atoms with E-state index in [1.807, 2.05) is 13.8 Å². The van der Waals surface area contributed by atoms with Gasteiger partial charge in [0.2, 0.25) is 5.91 Å². The number of halogens is 1. The van der Waals surface area contributed by atoms with Crippen LogP contribution in [0.2, 0.25) is 0 Å². The van der Waals surface area contributed by atoms with E-state index in [9.17, 15) is 4.79 Å². The normalized spacial score (nSPS) is 28.6. The molecule has 2 heterocycles. The van der Waals surface area contributed by atoms with Crippen LogP contribution in [-0.2, 0) is 4.79 Å². The van der Waals surface area contributed by atoms with Crippen LogP contribution in [0.4, 0.5) is 5.00 Å². The number of aromatic nitrogens is 1. The Morgan fingerprint density at radius 2 is 2.25 bits per heavy atom. The molecule has 2 N–H and O–H groups in total. The van der Waals surface area contributed by atoms with E-state index in [-0.39, 0.29) is 23.7 Å². The number of hydrogen-bond donors (Lipinski definition) is 2. The van der Waals surface area contributed by atoms with Gasteiger partial charge >= 0.3 is 0 Å². The molecule has 0 radical (unpaired) electrons. The topological polar surface area (TPSA) is 54.0 Å². The second-order valence-corrected chi connectivity index (χ2v) is 7.03. The van der Waals surface area contributed by atoms with Gasteiger partial charge in [0.1, 0.15) is 5.00 Å². The molecular formula is C14H22ClN3OS. The summed E-state index contributed by atoms with van der Waals surface area (Å²) in [5.74, 6) is 0.713. The molecule has 0 unspecified atom stereocenters. The molecular weight excluding hydrogens is 294 g/mol. The van der Waals surface area contributed by atoms with Gasteiger partial charge in [-0.3, -0.25) is 4.79 Å². The first kappa shape index (κ1) is 15.7. The van der Waals surface area contributed by atoms with Gasteiger partial charge in [0, 0.05) is 6.54 Å². The molecule has 20 heavy (non-hydrogen) atoms. The summed E-state index contributed by atoms with van der Waals surface area (Å²) >= 11 is 1.57. The van der Waals surface area contributed by atoms with Crippen LogP contribution >= 0.6 is 23.7 Å². The van der Waals surface area contributed by atoms with Crippen molar-refractivity contribution in [1.29, 1.82) is 0 Å². The summed E-state index contributed by atoms with van der Waals surface area (Å²) in [5.41, 5.74) is 0.758. The van der Waals surface area contributed by atoms with Crippen LogP contribution in [0, 0.1) is 25.2 Å². The van der Waals surface area contributed by atoms with Crippen molar-refractivity contribution in [3.63, 3.8) is 0 Å². The lowest BCUT2D eigenvalue weighted by Crippen LogP contribution is -2.44. The predicted molar refractivity (Wildman–Crippen MR) is 84.7 cm³/mol. The van der Waals surface area contributed by atoms with Gasteiger partial charge in [0.05, 0.1) is 16.1 Å². The summed E-state index contributed by atoms with van der Waals surface area (Å²) in [6.07, 6.45) is 4.64. The predicted octanol–water partition coefficient (Wildman–Crippen LogP) is 2.90. The maximum absolute atomic E-state index is 12.8. The van der Waals surface area contributed by atoms with Gasteiger partial charge in [-0.1, -0.05) is 12.8 Å². The number of amides is 1. The molecule has 1 amide bonds. The highest BCUT2D eigenvalue weighted by Gasteiger charge is 2.49. The molecule has 4 nitrogen and oxygen atoms in total. The van der Waals surface area contributed by atoms with Crippen molar-refractivity contribution in [1.82, 2.24) is 10.3 Å². The van der Waals surface area contributed by atoms with Crippen LogP contribution in [0.5, 0.6) is 0 Å². The molecule has 1 saturated heterocycles. The van der Waals surface area contributed by atoms with Crippen LogP contribution < -0.4 is 10.6 Å². The van der Waals surface area contributed by atoms with Crippen LogP contribution in [0.1, 0.15) is 36.4 Å². The zero-order chi connectivity index (χ0) is 13.5. The SMILES string of the molecule is Cc1nc(C)c(NC(=O)[C@@]23CCCC[C@H]2CNC3)s1.Cl. The fourth-order valence-electron chi connectivity index (χ4n) is 3.57. The first-order valence-electron chi connectivity index (χ1n) is 7.08. The molecule has 3 rings (SSSR count). The third-order valence-electron chi connectivity index (χ3n) is 4.62. The smallest absolute Gasteiger partial charge is 0.232 e. The first-order valence-corrected chi connectivity index (χ1v) is 7.90. The lowest BCUT2D eigenvalue weighted by molar-refractivity contribution is -0.128. The number of nitrogens with zero attached hydrogens (tertiary/aromatic N) is 1. The van der Waals surface area contributed by atoms with Crippen LogP contribution in [0.3, 0.4) is 0 Å². The summed E-state index contributed by atoms with van der Waals surface area (Å²) in [4.78, 5) is 17.1. The minimum Gasteiger partial charge on any atom is -0.316 e. The third kappa shape index (κ3) is 2.59. The van der Waals surface area contributed by atoms with E-state index in [2.05, 4.69) is 15.6 Å². The zero-order valence-electron chi connectivity index (χ0n) is 12.0. The van der Waals surface area contributed by atoms with Gasteiger partial charge in [-0.2, -0.15) is 0 Å². The average Bonchev–Trinajstić information content (AvgIpc) is 2.94. The van der Waals surface area contributed by atoms with Crippen molar-refractivity contribution in [3.05, 3.63) is 10.7 Å². The monoisotopic (exact) mass is 315 g/mol. The quantitative estimate of drug-likeness (QED) is 0.882. The third-order valence-corrected chi connectivity index (χ3v) is 5.61. The fourth-order valence-corrected chi connectivity index (χ4v) is 4.38. The Labute approximate surface area is 130 Å². The molecule has 112 valence electrons. The number of thiazole rings is 1. The minimum absolute atomic E-state index is 0. The Kier molecular flexibility index (Phi) is 4.72. The number of carbonyl (C=O) groups excluding carboxylic acids is 1. The van der Waals surface area contributed by atoms with Crippen LogP contribution in [0.15, 0.2) is 0 Å². The van der Waals surface area contributed by atoms with Crippen molar-refractivity contribution in [3.8, 4) is 0 Å². The number of rotatable bonds is 2. The van der Waals surface area contributed by atoms with Crippen molar-refractivity contribution < 1.29 is 4.79 Å². The molecule has 1 aromatic rings. The van der Waals surface area contributed by atoms with Gasteiger partial charge in [-0.15, -0.1) is 23.7 Å². The summed E-state index contributed by atoms with van der Waals surface area (Å²) < 4.78 is 0. The van der Waals surface area contributed by atoms with Gasteiger partial charge in [-0.05, 0) is 39.2 Å². The van der Waals surface area contributed by atoms with E-state index in [0.29, 0.717) is 5.92 Å². The van der Waals surface area contributed by atoms with Crippen molar-refractivity contribution >= 4 is 34.7 Å². The lowest BCUT2D eigenvalue weighted by Gasteiger charge is -2.36. The summed E-state index contributed by atoms with van der Waals surface area (Å²) in [7, 11) is 0. The number of aryl methyl sites for hydroxylation is 2. The molecule has 0 spiro atoms. The molecule has 6 heteroatoms. The summed E-state index contributed by atoms with van der Waals surface area (Å²) in [6, 6.07) is 0. The van der Waals surface area contributed by atoms with Gasteiger partial charge < -0.3 is 10.6 Å². The Morgan fingerprint density at radius 3 is 2.95 bits per heavy atom. The van der Waals surface area contributed by atoms with Gasteiger partial charge in [-0.25, -0.2) is 4.98 Å². The van der Waals surface area contributed by atoms with Gasteiger partial charge in [0.25, 0.3) is 0 Å². The van der Waals surface area contributed by atoms with E-state index in [1.165, 1.54) is 19.3 Å². The fraction of sp³-hybridized carbons (Fsp3) is 0.714. The molecule has 1 aromatic heterocycles. The van der Waals surface area contributed by atoms with E-state index in [0.717, 1.165) is 35.2 Å².